The summed E-state index contributed by atoms with van der Waals surface area (Å²) in [5.41, 5.74) is -1.85. The number of ether oxygens (including phenoxy) is 4. The van der Waals surface area contributed by atoms with Crippen molar-refractivity contribution in [1.82, 2.24) is 21.3 Å². The number of carboxylic acid groups (broad SMARTS) is 1. The van der Waals surface area contributed by atoms with E-state index in [9.17, 15) is 34.0 Å². The van der Waals surface area contributed by atoms with Crippen molar-refractivity contribution in [2.45, 2.75) is 85.6 Å². The van der Waals surface area contributed by atoms with E-state index in [0.29, 0.717) is 65.4 Å². The molecule has 282 valence electrons. The first-order valence-electron chi connectivity index (χ1n) is 16.9. The first-order valence-corrected chi connectivity index (χ1v) is 16.9. The number of nitrogens with zero attached hydrogens (tertiary/aromatic N) is 1. The zero-order valence-corrected chi connectivity index (χ0v) is 29.9. The summed E-state index contributed by atoms with van der Waals surface area (Å²) < 4.78 is 21.6. The van der Waals surface area contributed by atoms with Crippen LogP contribution in [0.25, 0.3) is 0 Å². The summed E-state index contributed by atoms with van der Waals surface area (Å²) in [6.45, 7) is 11.9. The first-order chi connectivity index (χ1) is 23.3. The number of hydrogen-bond acceptors (Lipinski definition) is 11. The fourth-order valence-electron chi connectivity index (χ4n) is 4.43. The normalized spacial score (nSPS) is 12.3. The lowest BCUT2D eigenvalue weighted by Crippen LogP contribution is -2.42. The van der Waals surface area contributed by atoms with Gasteiger partial charge in [0, 0.05) is 37.9 Å². The number of rotatable bonds is 31. The van der Waals surface area contributed by atoms with Crippen LogP contribution < -0.4 is 21.3 Å². The van der Waals surface area contributed by atoms with Crippen LogP contribution in [0.4, 0.5) is 0 Å². The van der Waals surface area contributed by atoms with E-state index in [2.05, 4.69) is 26.4 Å². The second-order valence-electron chi connectivity index (χ2n) is 12.6. The third kappa shape index (κ3) is 24.3. The molecule has 1 atom stereocenters. The maximum Gasteiger partial charge on any atom is 0.309 e. The molecule has 0 fully saturated rings. The van der Waals surface area contributed by atoms with Crippen LogP contribution in [0.1, 0.15) is 79.6 Å². The van der Waals surface area contributed by atoms with E-state index in [1.54, 1.807) is 33.8 Å². The molecule has 0 spiro atoms. The Morgan fingerprint density at radius 1 is 0.714 bits per heavy atom. The molecule has 0 aromatic carbocycles. The van der Waals surface area contributed by atoms with Crippen molar-refractivity contribution in [1.29, 1.82) is 0 Å². The Morgan fingerprint density at radius 3 is 1.73 bits per heavy atom. The highest BCUT2D eigenvalue weighted by Crippen LogP contribution is 2.34. The van der Waals surface area contributed by atoms with Crippen molar-refractivity contribution in [2.75, 3.05) is 72.5 Å². The lowest BCUT2D eigenvalue weighted by atomic mass is 9.74. The molecule has 0 aliphatic heterocycles. The van der Waals surface area contributed by atoms with Crippen LogP contribution in [0.15, 0.2) is 17.5 Å². The summed E-state index contributed by atoms with van der Waals surface area (Å²) in [6.07, 6.45) is 6.13. The van der Waals surface area contributed by atoms with Crippen LogP contribution in [-0.2, 0) is 42.9 Å². The van der Waals surface area contributed by atoms with Gasteiger partial charge in [0.2, 0.25) is 17.7 Å². The van der Waals surface area contributed by atoms with Crippen molar-refractivity contribution in [2.24, 2.45) is 16.0 Å². The second-order valence-corrected chi connectivity index (χ2v) is 12.6. The smallest absolute Gasteiger partial charge is 0.309 e. The zero-order chi connectivity index (χ0) is 37.0. The molecule has 0 aromatic heterocycles. The molecule has 0 saturated heterocycles. The number of amides is 4. The molecule has 0 heterocycles. The summed E-state index contributed by atoms with van der Waals surface area (Å²) >= 11 is 0. The van der Waals surface area contributed by atoms with Gasteiger partial charge in [-0.1, -0.05) is 32.0 Å². The Bertz CT molecular complexity index is 1020. The lowest BCUT2D eigenvalue weighted by molar-refractivity contribution is -0.150. The topological polar surface area (TPSA) is 220 Å². The minimum absolute atomic E-state index is 0.158. The number of carboxylic acids is 1. The van der Waals surface area contributed by atoms with E-state index in [-0.39, 0.29) is 63.3 Å². The van der Waals surface area contributed by atoms with Gasteiger partial charge in [-0.05, 0) is 52.2 Å². The Kier molecular flexibility index (Phi) is 25.4. The Balaban J connectivity index is 3.62. The highest BCUT2D eigenvalue weighted by atomic mass is 16.5. The molecule has 0 rings (SSSR count). The standard InChI is InChI=1S/C33H59N5O11/c1-6-7-13-36-29(41)26(38-45)10-8-9-14-34-27(39)11-17-46-21-23-48-19-15-35-28(40)12-18-47-22-24-49-20-16-37-30(42)32(2,3)25-33(4,5)31(43)44/h7,13,26H,6,8-12,14-25H2,1-5H3,(H,34,39)(H,35,40)(H,36,41)(H,37,42)(H,43,44)/b13-7+/t26-/m0/s1. The molecule has 0 aliphatic carbocycles. The molecule has 0 unspecified atom stereocenters. The van der Waals surface area contributed by atoms with Gasteiger partial charge in [-0.25, -0.2) is 0 Å². The van der Waals surface area contributed by atoms with Gasteiger partial charge in [-0.15, -0.1) is 4.91 Å². The number of hydrogen-bond donors (Lipinski definition) is 5. The zero-order valence-electron chi connectivity index (χ0n) is 29.9. The van der Waals surface area contributed by atoms with E-state index >= 15 is 0 Å². The predicted molar refractivity (Wildman–Crippen MR) is 182 cm³/mol. The number of nitrogens with one attached hydrogen (secondary N) is 4. The van der Waals surface area contributed by atoms with Gasteiger partial charge in [-0.2, -0.15) is 0 Å². The Hall–Kier alpha value is -3.47. The van der Waals surface area contributed by atoms with Crippen LogP contribution in [0.3, 0.4) is 0 Å². The lowest BCUT2D eigenvalue weighted by Gasteiger charge is -2.31. The van der Waals surface area contributed by atoms with Gasteiger partial charge < -0.3 is 45.3 Å². The molecule has 0 radical (unpaired) electrons. The van der Waals surface area contributed by atoms with Crippen molar-refractivity contribution in [3.05, 3.63) is 17.2 Å². The largest absolute Gasteiger partial charge is 0.481 e. The van der Waals surface area contributed by atoms with Gasteiger partial charge in [0.05, 0.1) is 58.3 Å². The summed E-state index contributed by atoms with van der Waals surface area (Å²) in [5, 5.41) is 23.0. The number of carbonyl (C=O) groups is 5. The third-order valence-corrected chi connectivity index (χ3v) is 7.10. The molecule has 16 heteroatoms. The molecule has 4 amide bonds. The first kappa shape index (κ1) is 45.5. The molecule has 0 aliphatic rings. The van der Waals surface area contributed by atoms with Crippen molar-refractivity contribution in [3.8, 4) is 0 Å². The maximum atomic E-state index is 12.4. The van der Waals surface area contributed by atoms with E-state index in [0.717, 1.165) is 6.42 Å². The summed E-state index contributed by atoms with van der Waals surface area (Å²) in [4.78, 5) is 70.3. The fourth-order valence-corrected chi connectivity index (χ4v) is 4.43. The fraction of sp³-hybridized carbons (Fsp3) is 0.788. The highest BCUT2D eigenvalue weighted by Gasteiger charge is 2.38. The van der Waals surface area contributed by atoms with Gasteiger partial charge in [-0.3, -0.25) is 24.0 Å². The highest BCUT2D eigenvalue weighted by molar-refractivity contribution is 5.83. The van der Waals surface area contributed by atoms with E-state index in [1.807, 2.05) is 6.92 Å². The summed E-state index contributed by atoms with van der Waals surface area (Å²) in [5.74, 6) is -1.95. The summed E-state index contributed by atoms with van der Waals surface area (Å²) in [6, 6.07) is -0.948. The molecule has 5 N–H and O–H groups in total. The Morgan fingerprint density at radius 2 is 1.22 bits per heavy atom. The second kappa shape index (κ2) is 27.4. The predicted octanol–water partition coefficient (Wildman–Crippen LogP) is 2.05. The summed E-state index contributed by atoms with van der Waals surface area (Å²) in [7, 11) is 0. The molecule has 0 aromatic rings. The van der Waals surface area contributed by atoms with Gasteiger partial charge >= 0.3 is 5.97 Å². The minimum Gasteiger partial charge on any atom is -0.481 e. The number of unbranched alkanes of at least 4 members (excludes halogenated alkanes) is 1. The van der Waals surface area contributed by atoms with E-state index in [1.165, 1.54) is 6.20 Å². The van der Waals surface area contributed by atoms with Crippen LogP contribution in [-0.4, -0.2) is 113 Å². The SMILES string of the molecule is CC/C=C/NC(=O)[C@H](CCCCNC(=O)CCOCCOCCNC(=O)CCOCCOCCNC(=O)C(C)(C)CC(C)(C)C(=O)O)N=O. The number of carbonyl (C=O) groups excluding carboxylic acids is 4. The van der Waals surface area contributed by atoms with E-state index in [4.69, 9.17) is 18.9 Å². The molecule has 0 bridgehead atoms. The van der Waals surface area contributed by atoms with Crippen molar-refractivity contribution in [3.63, 3.8) is 0 Å². The molecule has 49 heavy (non-hydrogen) atoms. The van der Waals surface area contributed by atoms with Crippen molar-refractivity contribution < 1.29 is 48.0 Å². The number of aliphatic carboxylic acids is 1. The average molecular weight is 702 g/mol. The van der Waals surface area contributed by atoms with Crippen LogP contribution in [0.2, 0.25) is 0 Å². The van der Waals surface area contributed by atoms with Gasteiger partial charge in [0.15, 0.2) is 6.04 Å². The van der Waals surface area contributed by atoms with Crippen LogP contribution in [0, 0.1) is 15.7 Å². The number of nitroso groups, excluding NO2 is 1. The number of allylic oxidation sites excluding steroid dienone is 1. The Labute approximate surface area is 290 Å². The van der Waals surface area contributed by atoms with E-state index < -0.39 is 28.7 Å². The third-order valence-electron chi connectivity index (χ3n) is 7.10. The molecule has 16 nitrogen and oxygen atoms in total. The maximum absolute atomic E-state index is 12.4. The average Bonchev–Trinajstić information content (AvgIpc) is 3.04. The van der Waals surface area contributed by atoms with Gasteiger partial charge in [0.25, 0.3) is 5.91 Å². The van der Waals surface area contributed by atoms with Gasteiger partial charge in [0.1, 0.15) is 0 Å². The minimum atomic E-state index is -1.01. The molecular formula is C33H59N5O11. The molecular weight excluding hydrogens is 642 g/mol. The quantitative estimate of drug-likeness (QED) is 0.0520. The molecule has 0 saturated carbocycles. The van der Waals surface area contributed by atoms with Crippen LogP contribution >= 0.6 is 0 Å². The van der Waals surface area contributed by atoms with Crippen LogP contribution in [0.5, 0.6) is 0 Å². The van der Waals surface area contributed by atoms with Crippen molar-refractivity contribution >= 4 is 29.6 Å². The monoisotopic (exact) mass is 701 g/mol.